The Hall–Kier alpha value is -1.36. The van der Waals surface area contributed by atoms with Gasteiger partial charge >= 0.3 is 6.09 Å². The molecule has 2 rings (SSSR count). The van der Waals surface area contributed by atoms with Gasteiger partial charge in [-0.25, -0.2) is 9.18 Å². The van der Waals surface area contributed by atoms with Gasteiger partial charge in [0.15, 0.2) is 0 Å². The summed E-state index contributed by atoms with van der Waals surface area (Å²) in [4.78, 5) is 14.8. The van der Waals surface area contributed by atoms with E-state index in [4.69, 9.17) is 4.74 Å². The van der Waals surface area contributed by atoms with Gasteiger partial charge in [0.05, 0.1) is 0 Å². The van der Waals surface area contributed by atoms with Crippen LogP contribution in [-0.4, -0.2) is 41.3 Å². The molecule has 28 heavy (non-hydrogen) atoms. The van der Waals surface area contributed by atoms with Crippen LogP contribution in [0.5, 0.6) is 0 Å². The van der Waals surface area contributed by atoms with E-state index in [1.165, 1.54) is 6.42 Å². The first kappa shape index (κ1) is 22.9. The molecule has 0 saturated carbocycles. The van der Waals surface area contributed by atoms with Crippen molar-refractivity contribution in [3.8, 4) is 0 Å². The van der Waals surface area contributed by atoms with Gasteiger partial charge in [-0.1, -0.05) is 24.3 Å². The number of likely N-dealkylation sites (tertiary alicyclic amines) is 1. The Labute approximate surface area is 172 Å². The average molecular weight is 410 g/mol. The molecular formula is C23H36FNO2S. The zero-order valence-electron chi connectivity index (χ0n) is 18.1. The highest BCUT2D eigenvalue weighted by Gasteiger charge is 2.26. The number of unbranched alkanes of at least 4 members (excludes halogenated alkanes) is 1. The number of hydrogen-bond acceptors (Lipinski definition) is 2. The number of piperidine rings is 1. The molecule has 0 aromatic heterocycles. The van der Waals surface area contributed by atoms with Crippen LogP contribution in [0, 0.1) is 11.7 Å². The van der Waals surface area contributed by atoms with Gasteiger partial charge < -0.3 is 9.64 Å². The number of nitrogens with zero attached hydrogens (tertiary/aromatic N) is 1. The Morgan fingerprint density at radius 3 is 2.54 bits per heavy atom. The SMILES string of the molecule is C/C=S(\C)c1ccc(CCCCC2CCN(C(=O)OC(C)(C)C)CC2)cc1F. The number of halogens is 1. The lowest BCUT2D eigenvalue weighted by Crippen LogP contribution is -2.41. The van der Waals surface area contributed by atoms with E-state index in [0.29, 0.717) is 5.92 Å². The molecule has 1 atom stereocenters. The van der Waals surface area contributed by atoms with Crippen LogP contribution in [0.2, 0.25) is 0 Å². The fourth-order valence-electron chi connectivity index (χ4n) is 3.58. The molecule has 158 valence electrons. The van der Waals surface area contributed by atoms with Crippen LogP contribution in [0.25, 0.3) is 0 Å². The predicted molar refractivity (Wildman–Crippen MR) is 118 cm³/mol. The summed E-state index contributed by atoms with van der Waals surface area (Å²) in [5, 5.41) is 2.05. The maximum absolute atomic E-state index is 14.2. The Morgan fingerprint density at radius 1 is 1.29 bits per heavy atom. The maximum Gasteiger partial charge on any atom is 0.410 e. The molecule has 1 aliphatic rings. The number of amides is 1. The van der Waals surface area contributed by atoms with E-state index < -0.39 is 5.60 Å². The van der Waals surface area contributed by atoms with Crippen molar-refractivity contribution in [2.24, 2.45) is 5.92 Å². The number of hydrogen-bond donors (Lipinski definition) is 0. The van der Waals surface area contributed by atoms with Crippen molar-refractivity contribution in [2.45, 2.75) is 76.7 Å². The van der Waals surface area contributed by atoms with Gasteiger partial charge in [-0.3, -0.25) is 0 Å². The van der Waals surface area contributed by atoms with E-state index >= 15 is 0 Å². The number of carbonyl (C=O) groups excluding carboxylic acids is 1. The largest absolute Gasteiger partial charge is 0.444 e. The molecule has 0 bridgehead atoms. The van der Waals surface area contributed by atoms with Crippen LogP contribution in [-0.2, 0) is 11.2 Å². The molecule has 1 aromatic rings. The summed E-state index contributed by atoms with van der Waals surface area (Å²) in [6.07, 6.45) is 8.32. The number of rotatable bonds is 6. The number of ether oxygens (including phenoxy) is 1. The van der Waals surface area contributed by atoms with Crippen LogP contribution in [0.4, 0.5) is 9.18 Å². The molecule has 3 nitrogen and oxygen atoms in total. The van der Waals surface area contributed by atoms with E-state index in [-0.39, 0.29) is 22.4 Å². The highest BCUT2D eigenvalue weighted by molar-refractivity contribution is 8.14. The summed E-state index contributed by atoms with van der Waals surface area (Å²) >= 11 is 0. The molecule has 0 N–H and O–H groups in total. The molecule has 1 unspecified atom stereocenters. The van der Waals surface area contributed by atoms with Crippen molar-refractivity contribution < 1.29 is 13.9 Å². The van der Waals surface area contributed by atoms with Gasteiger partial charge in [0.2, 0.25) is 0 Å². The van der Waals surface area contributed by atoms with Gasteiger partial charge in [0.1, 0.15) is 11.4 Å². The van der Waals surface area contributed by atoms with Crippen LogP contribution >= 0.6 is 10.5 Å². The maximum atomic E-state index is 14.2. The van der Waals surface area contributed by atoms with Gasteiger partial charge in [-0.05, 0) is 83.2 Å². The number of aryl methyl sites for hydroxylation is 1. The summed E-state index contributed by atoms with van der Waals surface area (Å²) in [5.41, 5.74) is 0.660. The molecule has 0 spiro atoms. The molecule has 5 heteroatoms. The summed E-state index contributed by atoms with van der Waals surface area (Å²) < 4.78 is 19.7. The molecule has 0 radical (unpaired) electrons. The van der Waals surface area contributed by atoms with Crippen molar-refractivity contribution in [3.63, 3.8) is 0 Å². The topological polar surface area (TPSA) is 29.5 Å². The van der Waals surface area contributed by atoms with Crippen molar-refractivity contribution >= 4 is 21.9 Å². The third-order valence-electron chi connectivity index (χ3n) is 5.29. The quantitative estimate of drug-likeness (QED) is 0.410. The minimum Gasteiger partial charge on any atom is -0.444 e. The first-order valence-electron chi connectivity index (χ1n) is 10.4. The first-order chi connectivity index (χ1) is 13.2. The minimum atomic E-state index is -0.432. The van der Waals surface area contributed by atoms with Crippen molar-refractivity contribution in [3.05, 3.63) is 29.6 Å². The fourth-order valence-corrected chi connectivity index (χ4v) is 4.48. The van der Waals surface area contributed by atoms with Crippen LogP contribution in [0.1, 0.15) is 65.4 Å². The predicted octanol–water partition coefficient (Wildman–Crippen LogP) is 6.27. The standard InChI is InChI=1S/C23H36FNO2S/c1-6-28(5)21-12-11-19(17-20(21)24)10-8-7-9-18-13-15-25(16-14-18)22(26)27-23(2,3)4/h6,11-12,17-18H,7-10,13-16H2,1-5H3. The van der Waals surface area contributed by atoms with Crippen LogP contribution in [0.15, 0.2) is 23.1 Å². The highest BCUT2D eigenvalue weighted by atomic mass is 32.2. The van der Waals surface area contributed by atoms with Crippen molar-refractivity contribution in [2.75, 3.05) is 19.3 Å². The lowest BCUT2D eigenvalue weighted by atomic mass is 9.91. The third-order valence-corrected chi connectivity index (χ3v) is 7.02. The van der Waals surface area contributed by atoms with Crippen molar-refractivity contribution in [1.82, 2.24) is 4.90 Å². The summed E-state index contributed by atoms with van der Waals surface area (Å²) in [6, 6.07) is 5.73. The molecule has 1 aromatic carbocycles. The second kappa shape index (κ2) is 10.4. The van der Waals surface area contributed by atoms with Gasteiger partial charge in [0, 0.05) is 18.0 Å². The number of carbonyl (C=O) groups is 1. The van der Waals surface area contributed by atoms with Gasteiger partial charge in [-0.15, -0.1) is 0 Å². The molecular weight excluding hydrogens is 373 g/mol. The lowest BCUT2D eigenvalue weighted by Gasteiger charge is -2.33. The highest BCUT2D eigenvalue weighted by Crippen LogP contribution is 2.27. The summed E-state index contributed by atoms with van der Waals surface area (Å²) in [6.45, 7) is 9.27. The Kier molecular flexibility index (Phi) is 8.54. The minimum absolute atomic E-state index is 0.0732. The Morgan fingerprint density at radius 2 is 1.96 bits per heavy atom. The normalized spacial score (nSPS) is 17.0. The zero-order chi connectivity index (χ0) is 20.7. The fraction of sp³-hybridized carbons (Fsp3) is 0.652. The second-order valence-electron chi connectivity index (χ2n) is 8.71. The third kappa shape index (κ3) is 7.23. The van der Waals surface area contributed by atoms with E-state index in [2.05, 4.69) is 6.07 Å². The first-order valence-corrected chi connectivity index (χ1v) is 12.1. The summed E-state index contributed by atoms with van der Waals surface area (Å²) in [7, 11) is -0.120. The smallest absolute Gasteiger partial charge is 0.410 e. The lowest BCUT2D eigenvalue weighted by molar-refractivity contribution is 0.0180. The van der Waals surface area contributed by atoms with E-state index in [0.717, 1.165) is 55.7 Å². The monoisotopic (exact) mass is 409 g/mol. The van der Waals surface area contributed by atoms with Gasteiger partial charge in [0.25, 0.3) is 0 Å². The van der Waals surface area contributed by atoms with Crippen LogP contribution in [0.3, 0.4) is 0 Å². The Balaban J connectivity index is 1.68. The van der Waals surface area contributed by atoms with Crippen molar-refractivity contribution in [1.29, 1.82) is 0 Å². The van der Waals surface area contributed by atoms with E-state index in [9.17, 15) is 9.18 Å². The molecule has 0 aliphatic carbocycles. The molecule has 1 fully saturated rings. The van der Waals surface area contributed by atoms with Gasteiger partial charge in [-0.2, -0.15) is 10.5 Å². The van der Waals surface area contributed by atoms with Crippen LogP contribution < -0.4 is 0 Å². The van der Waals surface area contributed by atoms with E-state index in [1.54, 1.807) is 6.07 Å². The van der Waals surface area contributed by atoms with E-state index in [1.807, 2.05) is 50.3 Å². The average Bonchev–Trinajstić information content (AvgIpc) is 2.64. The molecule has 1 heterocycles. The molecule has 1 saturated heterocycles. The second-order valence-corrected chi connectivity index (χ2v) is 10.7. The Bertz CT molecular complexity index is 688. The summed E-state index contributed by atoms with van der Waals surface area (Å²) in [5.74, 6) is 0.607. The molecule has 1 amide bonds. The number of benzene rings is 1. The molecule has 1 aliphatic heterocycles. The zero-order valence-corrected chi connectivity index (χ0v) is 18.9.